The summed E-state index contributed by atoms with van der Waals surface area (Å²) in [7, 11) is 0. The molecule has 0 spiro atoms. The second-order valence-electron chi connectivity index (χ2n) is 11.9. The van der Waals surface area contributed by atoms with Gasteiger partial charge in [0.25, 0.3) is 0 Å². The summed E-state index contributed by atoms with van der Waals surface area (Å²) in [5.74, 6) is 0.365. The van der Waals surface area contributed by atoms with Crippen LogP contribution in [0.1, 0.15) is 65.2 Å². The van der Waals surface area contributed by atoms with Crippen LogP contribution in [0.3, 0.4) is 0 Å². The monoisotopic (exact) mass is 459 g/mol. The summed E-state index contributed by atoms with van der Waals surface area (Å²) in [5.41, 5.74) is 18.4. The first-order valence-electron chi connectivity index (χ1n) is 12.6. The number of nitrogens with one attached hydrogen (secondary N) is 2. The highest BCUT2D eigenvalue weighted by Crippen LogP contribution is 2.61. The van der Waals surface area contributed by atoms with Crippen LogP contribution in [0.25, 0.3) is 22.0 Å². The third kappa shape index (κ3) is 2.27. The Morgan fingerprint density at radius 1 is 1.00 bits per heavy atom. The molecule has 5 unspecified atom stereocenters. The SMILES string of the molecule is CC(C)C(C)NNC1C(N)C2(C)c3ccc(F)c4c3-c3c5c(cccc5cc[n+]3C12C)C4(C)C. The fraction of sp³-hybridized carbons (Fsp3) is 0.483. The van der Waals surface area contributed by atoms with Gasteiger partial charge in [-0.25, -0.2) is 9.82 Å². The lowest BCUT2D eigenvalue weighted by Crippen LogP contribution is -2.92. The summed E-state index contributed by atoms with van der Waals surface area (Å²) >= 11 is 0. The summed E-state index contributed by atoms with van der Waals surface area (Å²) < 4.78 is 18.0. The fourth-order valence-corrected chi connectivity index (χ4v) is 7.20. The number of pyridine rings is 1. The van der Waals surface area contributed by atoms with Gasteiger partial charge in [-0.2, -0.15) is 4.57 Å². The number of benzene rings is 2. The standard InChI is InChI=1S/C29H36FN4/c1-15(2)16(3)32-33-26-25(31)28(6)19-11-12-20(30)23-22(19)24-21-17(13-14-34(24)29(26,28)7)9-8-10-18(21)27(23,4)5/h8-16,25-26,32-33H,31H2,1-7H3/q+1. The lowest BCUT2D eigenvalue weighted by Gasteiger charge is -2.64. The average Bonchev–Trinajstić information content (AvgIpc) is 2.80. The van der Waals surface area contributed by atoms with Crippen molar-refractivity contribution in [2.24, 2.45) is 11.7 Å². The molecule has 4 nitrogen and oxygen atoms in total. The normalized spacial score (nSPS) is 30.8. The Bertz CT molecular complexity index is 1360. The van der Waals surface area contributed by atoms with Gasteiger partial charge >= 0.3 is 0 Å². The molecule has 5 heteroatoms. The Balaban J connectivity index is 1.67. The van der Waals surface area contributed by atoms with Crippen LogP contribution < -0.4 is 21.2 Å². The molecule has 1 saturated carbocycles. The molecule has 0 bridgehead atoms. The molecule has 1 aliphatic heterocycles. The minimum absolute atomic E-state index is 0.0150. The van der Waals surface area contributed by atoms with Crippen molar-refractivity contribution >= 4 is 10.8 Å². The quantitative estimate of drug-likeness (QED) is 0.400. The Labute approximate surface area is 201 Å². The lowest BCUT2D eigenvalue weighted by molar-refractivity contribution is -0.781. The van der Waals surface area contributed by atoms with Gasteiger partial charge in [0.2, 0.25) is 5.69 Å². The number of hydrogen-bond acceptors (Lipinski definition) is 3. The molecular weight excluding hydrogens is 423 g/mol. The zero-order valence-corrected chi connectivity index (χ0v) is 21.3. The molecular formula is C29H36FN4+. The van der Waals surface area contributed by atoms with Crippen LogP contribution in [0.2, 0.25) is 0 Å². The van der Waals surface area contributed by atoms with Crippen molar-refractivity contribution in [2.75, 3.05) is 0 Å². The molecule has 2 aliphatic carbocycles. The summed E-state index contributed by atoms with van der Waals surface area (Å²) in [6.45, 7) is 15.5. The van der Waals surface area contributed by atoms with Crippen LogP contribution in [0, 0.1) is 11.7 Å². The molecule has 4 N–H and O–H groups in total. The van der Waals surface area contributed by atoms with E-state index in [2.05, 4.69) is 94.3 Å². The van der Waals surface area contributed by atoms with Crippen LogP contribution in [-0.4, -0.2) is 18.1 Å². The summed E-state index contributed by atoms with van der Waals surface area (Å²) in [6, 6.07) is 12.5. The summed E-state index contributed by atoms with van der Waals surface area (Å²) in [6.07, 6.45) is 2.20. The molecule has 5 atom stereocenters. The molecule has 2 heterocycles. The van der Waals surface area contributed by atoms with E-state index in [-0.39, 0.29) is 28.9 Å². The van der Waals surface area contributed by atoms with Crippen LogP contribution in [0.15, 0.2) is 42.6 Å². The molecule has 2 aromatic carbocycles. The predicted octanol–water partition coefficient (Wildman–Crippen LogP) is 4.41. The van der Waals surface area contributed by atoms with Crippen LogP contribution in [0.5, 0.6) is 0 Å². The van der Waals surface area contributed by atoms with Crippen molar-refractivity contribution in [1.82, 2.24) is 10.9 Å². The van der Waals surface area contributed by atoms with Crippen molar-refractivity contribution in [3.63, 3.8) is 0 Å². The Hall–Kier alpha value is -2.34. The molecule has 178 valence electrons. The van der Waals surface area contributed by atoms with Gasteiger partial charge in [-0.3, -0.25) is 5.43 Å². The highest BCUT2D eigenvalue weighted by atomic mass is 19.1. The second kappa shape index (κ2) is 6.66. The Morgan fingerprint density at radius 2 is 1.74 bits per heavy atom. The number of halogens is 1. The maximum atomic E-state index is 15.6. The molecule has 1 aromatic heterocycles. The molecule has 0 saturated heterocycles. The summed E-state index contributed by atoms with van der Waals surface area (Å²) in [5, 5.41) is 2.44. The van der Waals surface area contributed by atoms with E-state index < -0.39 is 5.41 Å². The van der Waals surface area contributed by atoms with Crippen molar-refractivity contribution in [3.8, 4) is 11.3 Å². The predicted molar refractivity (Wildman–Crippen MR) is 135 cm³/mol. The van der Waals surface area contributed by atoms with Gasteiger partial charge in [-0.05, 0) is 42.3 Å². The molecule has 3 aliphatic rings. The first-order chi connectivity index (χ1) is 16.0. The second-order valence-corrected chi connectivity index (χ2v) is 11.9. The number of nitrogens with two attached hydrogens (primary N) is 1. The molecule has 0 amide bonds. The van der Waals surface area contributed by atoms with Crippen molar-refractivity contribution in [2.45, 2.75) is 83.0 Å². The number of hydrazine groups is 1. The molecule has 34 heavy (non-hydrogen) atoms. The van der Waals surface area contributed by atoms with Gasteiger partial charge in [0.15, 0.2) is 11.7 Å². The van der Waals surface area contributed by atoms with E-state index in [1.807, 2.05) is 6.07 Å². The van der Waals surface area contributed by atoms with E-state index in [1.165, 1.54) is 21.9 Å². The number of fused-ring (bicyclic) bond motifs is 3. The first-order valence-corrected chi connectivity index (χ1v) is 12.6. The Kier molecular flexibility index (Phi) is 4.33. The minimum Gasteiger partial charge on any atom is -0.325 e. The highest BCUT2D eigenvalue weighted by molar-refractivity contribution is 6.01. The minimum atomic E-state index is -0.440. The number of nitrogens with zero attached hydrogens (tertiary/aromatic N) is 1. The summed E-state index contributed by atoms with van der Waals surface area (Å²) in [4.78, 5) is 0. The number of aromatic nitrogens is 1. The van der Waals surface area contributed by atoms with Gasteiger partial charge in [-0.1, -0.05) is 52.0 Å². The van der Waals surface area contributed by atoms with Crippen LogP contribution in [-0.2, 0) is 16.4 Å². The van der Waals surface area contributed by atoms with Gasteiger partial charge in [0.05, 0.1) is 16.4 Å². The average molecular weight is 460 g/mol. The smallest absolute Gasteiger partial charge is 0.221 e. The molecule has 1 fully saturated rings. The van der Waals surface area contributed by atoms with Crippen LogP contribution in [0.4, 0.5) is 4.39 Å². The molecule has 0 radical (unpaired) electrons. The highest BCUT2D eigenvalue weighted by Gasteiger charge is 2.76. The van der Waals surface area contributed by atoms with Crippen LogP contribution >= 0.6 is 0 Å². The molecule has 6 rings (SSSR count). The zero-order valence-electron chi connectivity index (χ0n) is 21.3. The number of rotatable bonds is 4. The van der Waals surface area contributed by atoms with E-state index in [0.29, 0.717) is 12.0 Å². The zero-order chi connectivity index (χ0) is 24.4. The maximum absolute atomic E-state index is 15.6. The van der Waals surface area contributed by atoms with Gasteiger partial charge in [0.1, 0.15) is 11.9 Å². The van der Waals surface area contributed by atoms with Gasteiger partial charge in [-0.15, -0.1) is 0 Å². The third-order valence-electron chi connectivity index (χ3n) is 9.88. The third-order valence-corrected chi connectivity index (χ3v) is 9.88. The Morgan fingerprint density at radius 3 is 2.44 bits per heavy atom. The first kappa shape index (κ1) is 22.1. The van der Waals surface area contributed by atoms with E-state index in [4.69, 9.17) is 5.73 Å². The van der Waals surface area contributed by atoms with E-state index in [0.717, 1.165) is 16.8 Å². The maximum Gasteiger partial charge on any atom is 0.221 e. The van der Waals surface area contributed by atoms with Gasteiger partial charge in [0, 0.05) is 36.1 Å². The number of hydrogen-bond donors (Lipinski definition) is 3. The largest absolute Gasteiger partial charge is 0.325 e. The van der Waals surface area contributed by atoms with E-state index in [9.17, 15) is 0 Å². The topological polar surface area (TPSA) is 54.0 Å². The van der Waals surface area contributed by atoms with Gasteiger partial charge < -0.3 is 5.73 Å². The van der Waals surface area contributed by atoms with Crippen molar-refractivity contribution in [3.05, 3.63) is 65.1 Å². The van der Waals surface area contributed by atoms with E-state index >= 15 is 4.39 Å². The fourth-order valence-electron chi connectivity index (χ4n) is 7.20. The lowest BCUT2D eigenvalue weighted by atomic mass is 9.44. The van der Waals surface area contributed by atoms with E-state index in [1.54, 1.807) is 6.07 Å². The molecule has 3 aromatic rings. The van der Waals surface area contributed by atoms with Crippen molar-refractivity contribution < 1.29 is 8.96 Å². The van der Waals surface area contributed by atoms with Crippen molar-refractivity contribution in [1.29, 1.82) is 0 Å².